The summed E-state index contributed by atoms with van der Waals surface area (Å²) in [7, 11) is 0. The summed E-state index contributed by atoms with van der Waals surface area (Å²) in [6.45, 7) is 3.29. The van der Waals surface area contributed by atoms with Gasteiger partial charge in [-0.1, -0.05) is 66.4 Å². The topological polar surface area (TPSA) is 3.24 Å². The van der Waals surface area contributed by atoms with Crippen LogP contribution in [0.2, 0.25) is 0 Å². The van der Waals surface area contributed by atoms with Gasteiger partial charge in [-0.3, -0.25) is 4.90 Å². The van der Waals surface area contributed by atoms with Crippen molar-refractivity contribution in [3.8, 4) is 11.8 Å². The Labute approximate surface area is 140 Å². The number of piperidine rings is 1. The third-order valence-corrected chi connectivity index (χ3v) is 4.58. The molecule has 0 spiro atoms. The van der Waals surface area contributed by atoms with Gasteiger partial charge >= 0.3 is 0 Å². The molecule has 1 saturated heterocycles. The summed E-state index contributed by atoms with van der Waals surface area (Å²) in [6.07, 6.45) is 4.67. The second-order valence-electron chi connectivity index (χ2n) is 6.35. The molecule has 117 valence electrons. The fourth-order valence-electron chi connectivity index (χ4n) is 3.17. The molecule has 0 unspecified atom stereocenters. The van der Waals surface area contributed by atoms with E-state index in [0.29, 0.717) is 0 Å². The van der Waals surface area contributed by atoms with Crippen molar-refractivity contribution in [2.45, 2.75) is 25.7 Å². The molecule has 3 rings (SSSR count). The van der Waals surface area contributed by atoms with Gasteiger partial charge in [0.1, 0.15) is 0 Å². The minimum atomic E-state index is 0.835. The van der Waals surface area contributed by atoms with Gasteiger partial charge in [0.05, 0.1) is 6.54 Å². The van der Waals surface area contributed by atoms with Gasteiger partial charge < -0.3 is 0 Å². The average molecular weight is 302 g/mol. The fourth-order valence-corrected chi connectivity index (χ4v) is 3.17. The minimum absolute atomic E-state index is 0.835. The van der Waals surface area contributed by atoms with Crippen molar-refractivity contribution in [2.75, 3.05) is 19.6 Å². The Hall–Kier alpha value is -2.04. The molecule has 23 heavy (non-hydrogen) atoms. The molecule has 2 aromatic rings. The number of nitrogens with zero attached hydrogens (tertiary/aromatic N) is 1. The van der Waals surface area contributed by atoms with Gasteiger partial charge in [0.25, 0.3) is 0 Å². The predicted octanol–water partition coefficient (Wildman–Crippen LogP) is 3.99. The molecule has 1 aliphatic rings. The molecule has 0 amide bonds. The van der Waals surface area contributed by atoms with Crippen LogP contribution in [0.25, 0.3) is 0 Å². The summed E-state index contributed by atoms with van der Waals surface area (Å²) in [5.74, 6) is 7.46. The number of hydrogen-bond acceptors (Lipinski definition) is 1. The zero-order valence-corrected chi connectivity index (χ0v) is 13.7. The van der Waals surface area contributed by atoms with Crippen molar-refractivity contribution >= 4 is 0 Å². The lowest BCUT2D eigenvalue weighted by molar-refractivity contribution is 0.203. The first kappa shape index (κ1) is 15.8. The normalized spacial score (nSPS) is 15.8. The maximum Gasteiger partial charge on any atom is 0.0601 e. The van der Waals surface area contributed by atoms with E-state index in [9.17, 15) is 0 Å². The Morgan fingerprint density at radius 1 is 0.913 bits per heavy atom. The Balaban J connectivity index is 1.38. The Kier molecular flexibility index (Phi) is 5.89. The van der Waals surface area contributed by atoms with Crippen LogP contribution < -0.4 is 0 Å². The lowest BCUT2D eigenvalue weighted by Gasteiger charge is -2.30. The molecule has 1 fully saturated rings. The van der Waals surface area contributed by atoms with Gasteiger partial charge in [-0.05, 0) is 55.5 Å². The summed E-state index contributed by atoms with van der Waals surface area (Å²) < 4.78 is 0. The largest absolute Gasteiger partial charge is 0.292 e. The molecular formula is C22H24N. The van der Waals surface area contributed by atoms with E-state index in [1.165, 1.54) is 43.5 Å². The van der Waals surface area contributed by atoms with Gasteiger partial charge in [0.15, 0.2) is 0 Å². The van der Waals surface area contributed by atoms with Crippen LogP contribution in [0.3, 0.4) is 0 Å². The summed E-state index contributed by atoms with van der Waals surface area (Å²) in [4.78, 5) is 2.49. The lowest BCUT2D eigenvalue weighted by Crippen LogP contribution is -2.34. The van der Waals surface area contributed by atoms with Crippen molar-refractivity contribution in [3.63, 3.8) is 0 Å². The van der Waals surface area contributed by atoms with Gasteiger partial charge in [0.2, 0.25) is 0 Å². The Bertz CT molecular complexity index is 628. The van der Waals surface area contributed by atoms with Gasteiger partial charge in [-0.2, -0.15) is 0 Å². The molecule has 2 aromatic carbocycles. The fraction of sp³-hybridized carbons (Fsp3) is 0.364. The third-order valence-electron chi connectivity index (χ3n) is 4.58. The molecule has 1 heteroatoms. The molecule has 1 radical (unpaired) electrons. The number of hydrogen-bond donors (Lipinski definition) is 0. The Morgan fingerprint density at radius 3 is 2.39 bits per heavy atom. The number of likely N-dealkylation sites (tertiary alicyclic amines) is 1. The summed E-state index contributed by atoms with van der Waals surface area (Å²) >= 11 is 0. The zero-order valence-electron chi connectivity index (χ0n) is 13.7. The van der Waals surface area contributed by atoms with Gasteiger partial charge in [-0.25, -0.2) is 0 Å². The van der Waals surface area contributed by atoms with Crippen molar-refractivity contribution in [1.82, 2.24) is 4.90 Å². The first-order valence-corrected chi connectivity index (χ1v) is 8.57. The van der Waals surface area contributed by atoms with Crippen molar-refractivity contribution in [2.24, 2.45) is 5.92 Å². The summed E-state index contributed by atoms with van der Waals surface area (Å²) in [5.41, 5.74) is 2.75. The zero-order chi connectivity index (χ0) is 15.7. The molecule has 1 heterocycles. The molecule has 0 atom stereocenters. The van der Waals surface area contributed by atoms with Crippen LogP contribution in [0.5, 0.6) is 0 Å². The number of benzene rings is 2. The van der Waals surface area contributed by atoms with Crippen LogP contribution in [0, 0.1) is 23.8 Å². The minimum Gasteiger partial charge on any atom is -0.292 e. The van der Waals surface area contributed by atoms with Crippen LogP contribution >= 0.6 is 0 Å². The van der Waals surface area contributed by atoms with E-state index in [0.717, 1.165) is 18.9 Å². The van der Waals surface area contributed by atoms with Crippen LogP contribution in [0.1, 0.15) is 24.0 Å². The molecular weight excluding hydrogens is 278 g/mol. The first-order chi connectivity index (χ1) is 11.4. The van der Waals surface area contributed by atoms with E-state index in [-0.39, 0.29) is 0 Å². The Morgan fingerprint density at radius 2 is 1.65 bits per heavy atom. The molecule has 0 N–H and O–H groups in total. The summed E-state index contributed by atoms with van der Waals surface area (Å²) in [6, 6.07) is 22.0. The molecule has 0 aromatic heterocycles. The predicted molar refractivity (Wildman–Crippen MR) is 96.1 cm³/mol. The van der Waals surface area contributed by atoms with Gasteiger partial charge in [0, 0.05) is 6.42 Å². The van der Waals surface area contributed by atoms with E-state index in [1.807, 2.05) is 12.1 Å². The van der Waals surface area contributed by atoms with E-state index in [1.54, 1.807) is 0 Å². The van der Waals surface area contributed by atoms with Crippen LogP contribution in [0.4, 0.5) is 0 Å². The molecule has 0 bridgehead atoms. The summed E-state index contributed by atoms with van der Waals surface area (Å²) in [5, 5.41) is 0. The molecule has 0 aliphatic carbocycles. The highest BCUT2D eigenvalue weighted by molar-refractivity contribution is 5.20. The van der Waals surface area contributed by atoms with Crippen LogP contribution in [0.15, 0.2) is 54.6 Å². The quantitative estimate of drug-likeness (QED) is 0.772. The van der Waals surface area contributed by atoms with E-state index < -0.39 is 0 Å². The second kappa shape index (κ2) is 8.56. The molecule has 1 nitrogen and oxygen atoms in total. The van der Waals surface area contributed by atoms with Crippen LogP contribution in [-0.2, 0) is 12.8 Å². The van der Waals surface area contributed by atoms with E-state index in [2.05, 4.69) is 65.3 Å². The maximum atomic E-state index is 3.33. The standard InChI is InChI=1S/C22H24N/c1-3-9-20(10-4-1)11-7-8-16-23-17-14-22(15-18-23)19-21-12-5-2-6-13-21/h2-6,9-10,12-13,22H,11,14-19H2. The number of rotatable bonds is 4. The van der Waals surface area contributed by atoms with E-state index >= 15 is 0 Å². The average Bonchev–Trinajstić information content (AvgIpc) is 2.62. The highest BCUT2D eigenvalue weighted by atomic mass is 15.1. The van der Waals surface area contributed by atoms with E-state index in [4.69, 9.17) is 0 Å². The van der Waals surface area contributed by atoms with Gasteiger partial charge in [-0.15, -0.1) is 0 Å². The highest BCUT2D eigenvalue weighted by Gasteiger charge is 2.18. The monoisotopic (exact) mass is 302 g/mol. The molecule has 0 saturated carbocycles. The highest BCUT2D eigenvalue weighted by Crippen LogP contribution is 2.21. The van der Waals surface area contributed by atoms with Crippen LogP contribution in [-0.4, -0.2) is 24.5 Å². The molecule has 1 aliphatic heterocycles. The first-order valence-electron chi connectivity index (χ1n) is 8.57. The van der Waals surface area contributed by atoms with Crippen molar-refractivity contribution in [3.05, 3.63) is 71.8 Å². The second-order valence-corrected chi connectivity index (χ2v) is 6.35. The smallest absolute Gasteiger partial charge is 0.0601 e. The SMILES string of the molecule is C(#CCN1CCC(Cc2ccccc2)CC1)Cc1cc[c]cc1. The van der Waals surface area contributed by atoms with Crippen molar-refractivity contribution in [1.29, 1.82) is 0 Å². The third kappa shape index (κ3) is 5.27. The van der Waals surface area contributed by atoms with Crippen molar-refractivity contribution < 1.29 is 0 Å². The maximum absolute atomic E-state index is 3.33. The lowest BCUT2D eigenvalue weighted by atomic mass is 9.90.